The number of rotatable bonds is 2. The van der Waals surface area contributed by atoms with E-state index in [0.717, 1.165) is 13.1 Å². The number of hydrogen-bond donors (Lipinski definition) is 1. The van der Waals surface area contributed by atoms with Crippen molar-refractivity contribution < 1.29 is 9.59 Å². The van der Waals surface area contributed by atoms with E-state index >= 15 is 0 Å². The standard InChI is InChI=1S/C16H19Cl2N3O2/c1-10-9-19-5-7-20(10)15(22)12-4-6-21(16(12)23)11-2-3-13(17)14(18)8-11/h2-3,8,10,12,19H,4-7,9H2,1H3/t10-,12?/m0/s1. The van der Waals surface area contributed by atoms with Crippen LogP contribution in [0.3, 0.4) is 0 Å². The number of nitrogens with one attached hydrogen (secondary N) is 1. The van der Waals surface area contributed by atoms with Gasteiger partial charge in [-0.1, -0.05) is 23.2 Å². The maximum atomic E-state index is 12.7. The highest BCUT2D eigenvalue weighted by atomic mass is 35.5. The third kappa shape index (κ3) is 3.18. The quantitative estimate of drug-likeness (QED) is 0.827. The monoisotopic (exact) mass is 355 g/mol. The van der Waals surface area contributed by atoms with Crippen LogP contribution in [0.2, 0.25) is 10.0 Å². The summed E-state index contributed by atoms with van der Waals surface area (Å²) in [6.45, 7) is 4.71. The first-order chi connectivity index (χ1) is 11.0. The van der Waals surface area contributed by atoms with Gasteiger partial charge in [0.05, 0.1) is 10.0 Å². The van der Waals surface area contributed by atoms with E-state index < -0.39 is 5.92 Å². The van der Waals surface area contributed by atoms with Crippen LogP contribution in [0, 0.1) is 5.92 Å². The highest BCUT2D eigenvalue weighted by molar-refractivity contribution is 6.42. The van der Waals surface area contributed by atoms with Crippen LogP contribution in [0.5, 0.6) is 0 Å². The van der Waals surface area contributed by atoms with Crippen LogP contribution >= 0.6 is 23.2 Å². The first-order valence-electron chi connectivity index (χ1n) is 7.76. The number of nitrogens with zero attached hydrogens (tertiary/aromatic N) is 2. The van der Waals surface area contributed by atoms with E-state index in [4.69, 9.17) is 23.2 Å². The Bertz CT molecular complexity index is 638. The molecule has 1 N–H and O–H groups in total. The fourth-order valence-electron chi connectivity index (χ4n) is 3.19. The zero-order chi connectivity index (χ0) is 16.6. The van der Waals surface area contributed by atoms with Gasteiger partial charge in [-0.2, -0.15) is 0 Å². The number of carbonyl (C=O) groups excluding carboxylic acids is 2. The molecule has 23 heavy (non-hydrogen) atoms. The fourth-order valence-corrected chi connectivity index (χ4v) is 3.48. The number of carbonyl (C=O) groups is 2. The molecule has 1 aromatic carbocycles. The third-order valence-corrected chi connectivity index (χ3v) is 5.24. The highest BCUT2D eigenvalue weighted by Crippen LogP contribution is 2.31. The van der Waals surface area contributed by atoms with E-state index in [1.807, 2.05) is 11.8 Å². The SMILES string of the molecule is C[C@H]1CNCCN1C(=O)C1CCN(c2ccc(Cl)c(Cl)c2)C1=O. The van der Waals surface area contributed by atoms with E-state index in [1.54, 1.807) is 23.1 Å². The van der Waals surface area contributed by atoms with Crippen molar-refractivity contribution in [1.82, 2.24) is 10.2 Å². The van der Waals surface area contributed by atoms with Crippen LogP contribution in [0.25, 0.3) is 0 Å². The molecule has 0 bridgehead atoms. The summed E-state index contributed by atoms with van der Waals surface area (Å²) in [6, 6.07) is 5.21. The van der Waals surface area contributed by atoms with E-state index in [-0.39, 0.29) is 17.9 Å². The molecule has 0 saturated carbocycles. The van der Waals surface area contributed by atoms with Crippen LogP contribution in [-0.4, -0.2) is 48.9 Å². The predicted molar refractivity (Wildman–Crippen MR) is 91.0 cm³/mol. The maximum Gasteiger partial charge on any atom is 0.239 e. The molecule has 0 radical (unpaired) electrons. The molecule has 2 aliphatic heterocycles. The predicted octanol–water partition coefficient (Wildman–Crippen LogP) is 2.17. The minimum Gasteiger partial charge on any atom is -0.337 e. The van der Waals surface area contributed by atoms with Gasteiger partial charge in [-0.25, -0.2) is 0 Å². The second kappa shape index (κ2) is 6.67. The second-order valence-corrected chi connectivity index (χ2v) is 6.83. The van der Waals surface area contributed by atoms with E-state index in [9.17, 15) is 9.59 Å². The van der Waals surface area contributed by atoms with Gasteiger partial charge in [-0.05, 0) is 31.5 Å². The van der Waals surface area contributed by atoms with Crippen LogP contribution < -0.4 is 10.2 Å². The average Bonchev–Trinajstić information content (AvgIpc) is 2.91. The molecular formula is C16H19Cl2N3O2. The first-order valence-corrected chi connectivity index (χ1v) is 8.52. The summed E-state index contributed by atoms with van der Waals surface area (Å²) in [6.07, 6.45) is 0.536. The molecule has 7 heteroatoms. The van der Waals surface area contributed by atoms with Crippen molar-refractivity contribution in [2.45, 2.75) is 19.4 Å². The fraction of sp³-hybridized carbons (Fsp3) is 0.500. The van der Waals surface area contributed by atoms with E-state index in [2.05, 4.69) is 5.32 Å². The third-order valence-electron chi connectivity index (χ3n) is 4.50. The Morgan fingerprint density at radius 2 is 2.04 bits per heavy atom. The molecule has 2 saturated heterocycles. The lowest BCUT2D eigenvalue weighted by Gasteiger charge is -2.35. The Hall–Kier alpha value is -1.30. The normalized spacial score (nSPS) is 25.1. The number of anilines is 1. The summed E-state index contributed by atoms with van der Waals surface area (Å²) < 4.78 is 0. The molecule has 5 nitrogen and oxygen atoms in total. The lowest BCUT2D eigenvalue weighted by Crippen LogP contribution is -2.54. The summed E-state index contributed by atoms with van der Waals surface area (Å²) in [4.78, 5) is 28.8. The molecule has 124 valence electrons. The minimum absolute atomic E-state index is 0.0634. The summed E-state index contributed by atoms with van der Waals surface area (Å²) in [5, 5.41) is 4.10. The topological polar surface area (TPSA) is 52.7 Å². The van der Waals surface area contributed by atoms with Gasteiger partial charge in [0.25, 0.3) is 0 Å². The highest BCUT2D eigenvalue weighted by Gasteiger charge is 2.41. The zero-order valence-electron chi connectivity index (χ0n) is 12.9. The molecule has 1 unspecified atom stereocenters. The maximum absolute atomic E-state index is 12.7. The van der Waals surface area contributed by atoms with Crippen molar-refractivity contribution in [1.29, 1.82) is 0 Å². The summed E-state index contributed by atoms with van der Waals surface area (Å²) in [5.41, 5.74) is 0.688. The number of hydrogen-bond acceptors (Lipinski definition) is 3. The van der Waals surface area contributed by atoms with Gasteiger partial charge in [0, 0.05) is 37.9 Å². The number of amides is 2. The smallest absolute Gasteiger partial charge is 0.239 e. The van der Waals surface area contributed by atoms with Crippen LogP contribution in [0.4, 0.5) is 5.69 Å². The van der Waals surface area contributed by atoms with Crippen molar-refractivity contribution >= 4 is 40.7 Å². The summed E-state index contributed by atoms with van der Waals surface area (Å²) >= 11 is 11.9. The van der Waals surface area contributed by atoms with Crippen LogP contribution in [-0.2, 0) is 9.59 Å². The lowest BCUT2D eigenvalue weighted by atomic mass is 10.0. The zero-order valence-corrected chi connectivity index (χ0v) is 14.4. The molecule has 2 amide bonds. The van der Waals surface area contributed by atoms with Gasteiger partial charge in [0.15, 0.2) is 0 Å². The summed E-state index contributed by atoms with van der Waals surface area (Å²) in [7, 11) is 0. The van der Waals surface area contributed by atoms with Crippen molar-refractivity contribution in [3.05, 3.63) is 28.2 Å². The van der Waals surface area contributed by atoms with Gasteiger partial charge in [-0.3, -0.25) is 9.59 Å². The molecule has 2 heterocycles. The number of halogens is 2. The summed E-state index contributed by atoms with van der Waals surface area (Å²) in [5.74, 6) is -0.810. The molecule has 1 aromatic rings. The van der Waals surface area contributed by atoms with Gasteiger partial charge < -0.3 is 15.1 Å². The molecule has 2 atom stereocenters. The molecule has 0 aromatic heterocycles. The van der Waals surface area contributed by atoms with Crippen LogP contribution in [0.1, 0.15) is 13.3 Å². The molecule has 2 fully saturated rings. The van der Waals surface area contributed by atoms with Crippen LogP contribution in [0.15, 0.2) is 18.2 Å². The molecule has 2 aliphatic rings. The molecule has 3 rings (SSSR count). The van der Waals surface area contributed by atoms with Crippen molar-refractivity contribution in [3.63, 3.8) is 0 Å². The van der Waals surface area contributed by atoms with Gasteiger partial charge >= 0.3 is 0 Å². The van der Waals surface area contributed by atoms with Gasteiger partial charge in [-0.15, -0.1) is 0 Å². The van der Waals surface area contributed by atoms with E-state index in [1.165, 1.54) is 0 Å². The van der Waals surface area contributed by atoms with Crippen molar-refractivity contribution in [2.24, 2.45) is 5.92 Å². The Balaban J connectivity index is 1.75. The van der Waals surface area contributed by atoms with E-state index in [0.29, 0.717) is 35.2 Å². The Morgan fingerprint density at radius 1 is 1.26 bits per heavy atom. The van der Waals surface area contributed by atoms with Gasteiger partial charge in [0.1, 0.15) is 5.92 Å². The average molecular weight is 356 g/mol. The van der Waals surface area contributed by atoms with Crippen molar-refractivity contribution in [3.8, 4) is 0 Å². The molecule has 0 aliphatic carbocycles. The first kappa shape index (κ1) is 16.6. The minimum atomic E-state index is -0.593. The number of benzene rings is 1. The largest absolute Gasteiger partial charge is 0.337 e. The molecular weight excluding hydrogens is 337 g/mol. The lowest BCUT2D eigenvalue weighted by molar-refractivity contribution is -0.142. The second-order valence-electron chi connectivity index (χ2n) is 6.01. The Kier molecular flexibility index (Phi) is 4.80. The Labute approximate surface area is 145 Å². The Morgan fingerprint density at radius 3 is 2.74 bits per heavy atom. The van der Waals surface area contributed by atoms with Gasteiger partial charge in [0.2, 0.25) is 11.8 Å². The molecule has 0 spiro atoms. The number of piperazine rings is 1. The van der Waals surface area contributed by atoms with Crippen molar-refractivity contribution in [2.75, 3.05) is 31.1 Å².